The second-order valence-corrected chi connectivity index (χ2v) is 3.76. The summed E-state index contributed by atoms with van der Waals surface area (Å²) in [7, 11) is 0. The van der Waals surface area contributed by atoms with E-state index in [1.165, 1.54) is 0 Å². The summed E-state index contributed by atoms with van der Waals surface area (Å²) in [5, 5.41) is 3.80. The minimum absolute atomic E-state index is 0.519. The van der Waals surface area contributed by atoms with Crippen molar-refractivity contribution in [1.82, 2.24) is 15.3 Å². The van der Waals surface area contributed by atoms with Gasteiger partial charge in [0.25, 0.3) is 0 Å². The molecule has 0 saturated carbocycles. The van der Waals surface area contributed by atoms with E-state index in [-0.39, 0.29) is 0 Å². The zero-order valence-corrected chi connectivity index (χ0v) is 8.88. The Morgan fingerprint density at radius 3 is 2.71 bits per heavy atom. The monoisotopic (exact) mass is 212 g/mol. The summed E-state index contributed by atoms with van der Waals surface area (Å²) >= 11 is 5.88. The Morgan fingerprint density at radius 2 is 2.07 bits per heavy atom. The summed E-state index contributed by atoms with van der Waals surface area (Å²) in [6.45, 7) is 5.78. The Balaban J connectivity index is 2.21. The van der Waals surface area contributed by atoms with E-state index in [0.717, 1.165) is 37.8 Å². The molecule has 1 aliphatic heterocycles. The second kappa shape index (κ2) is 4.11. The largest absolute Gasteiger partial charge is 0.338 e. The molecule has 5 heteroatoms. The van der Waals surface area contributed by atoms with Crippen LogP contribution in [-0.2, 0) is 0 Å². The molecule has 2 rings (SSSR count). The van der Waals surface area contributed by atoms with Gasteiger partial charge in [-0.05, 0) is 13.0 Å². The molecule has 0 aliphatic carbocycles. The van der Waals surface area contributed by atoms with Gasteiger partial charge < -0.3 is 10.2 Å². The van der Waals surface area contributed by atoms with Crippen molar-refractivity contribution in [3.8, 4) is 0 Å². The number of hydrogen-bond acceptors (Lipinski definition) is 4. The van der Waals surface area contributed by atoms with Gasteiger partial charge in [-0.25, -0.2) is 9.97 Å². The number of rotatable bonds is 1. The topological polar surface area (TPSA) is 41.1 Å². The third kappa shape index (κ3) is 2.13. The van der Waals surface area contributed by atoms with E-state index in [0.29, 0.717) is 5.15 Å². The zero-order chi connectivity index (χ0) is 9.97. The van der Waals surface area contributed by atoms with E-state index in [4.69, 9.17) is 11.6 Å². The maximum absolute atomic E-state index is 5.88. The molecule has 76 valence electrons. The fraction of sp³-hybridized carbons (Fsp3) is 0.556. The van der Waals surface area contributed by atoms with E-state index < -0.39 is 0 Å². The predicted octanol–water partition coefficient (Wildman–Crippen LogP) is 0.848. The van der Waals surface area contributed by atoms with E-state index in [2.05, 4.69) is 20.2 Å². The molecular formula is C9H13ClN4. The highest BCUT2D eigenvalue weighted by Crippen LogP contribution is 2.13. The molecule has 0 aromatic carbocycles. The van der Waals surface area contributed by atoms with Gasteiger partial charge in [-0.3, -0.25) is 0 Å². The lowest BCUT2D eigenvalue weighted by Crippen LogP contribution is -2.44. The lowest BCUT2D eigenvalue weighted by atomic mass is 10.4. The molecular weight excluding hydrogens is 200 g/mol. The standard InChI is InChI=1S/C9H13ClN4/c1-7-6-8(10)13-9(12-7)14-4-2-11-3-5-14/h6,11H,2-5H2,1H3. The van der Waals surface area contributed by atoms with Crippen LogP contribution in [-0.4, -0.2) is 36.1 Å². The first-order valence-electron chi connectivity index (χ1n) is 4.72. The Hall–Kier alpha value is -0.870. The maximum atomic E-state index is 5.88. The van der Waals surface area contributed by atoms with E-state index in [9.17, 15) is 0 Å². The molecule has 1 N–H and O–H groups in total. The summed E-state index contributed by atoms with van der Waals surface area (Å²) < 4.78 is 0. The van der Waals surface area contributed by atoms with Crippen molar-refractivity contribution in [2.45, 2.75) is 6.92 Å². The quantitative estimate of drug-likeness (QED) is 0.701. The molecule has 0 unspecified atom stereocenters. The van der Waals surface area contributed by atoms with Crippen LogP contribution in [0.1, 0.15) is 5.69 Å². The van der Waals surface area contributed by atoms with Crippen molar-refractivity contribution in [3.63, 3.8) is 0 Å². The first-order chi connectivity index (χ1) is 6.75. The molecule has 0 radical (unpaired) electrons. The van der Waals surface area contributed by atoms with Crippen molar-refractivity contribution in [2.24, 2.45) is 0 Å². The van der Waals surface area contributed by atoms with Crippen LogP contribution in [0.5, 0.6) is 0 Å². The van der Waals surface area contributed by atoms with Gasteiger partial charge in [0.05, 0.1) is 0 Å². The lowest BCUT2D eigenvalue weighted by molar-refractivity contribution is 0.579. The van der Waals surface area contributed by atoms with E-state index in [1.54, 1.807) is 6.07 Å². The third-order valence-corrected chi connectivity index (χ3v) is 2.40. The van der Waals surface area contributed by atoms with Gasteiger partial charge >= 0.3 is 0 Å². The first-order valence-corrected chi connectivity index (χ1v) is 5.10. The smallest absolute Gasteiger partial charge is 0.227 e. The van der Waals surface area contributed by atoms with Crippen LogP contribution < -0.4 is 10.2 Å². The average Bonchev–Trinajstić information content (AvgIpc) is 2.18. The highest BCUT2D eigenvalue weighted by molar-refractivity contribution is 6.29. The van der Waals surface area contributed by atoms with Gasteiger partial charge in [-0.2, -0.15) is 0 Å². The molecule has 1 aromatic rings. The summed E-state index contributed by atoms with van der Waals surface area (Å²) in [6, 6.07) is 1.77. The van der Waals surface area contributed by atoms with Gasteiger partial charge in [-0.1, -0.05) is 11.6 Å². The number of nitrogens with zero attached hydrogens (tertiary/aromatic N) is 3. The number of halogens is 1. The number of aromatic nitrogens is 2. The first kappa shape index (κ1) is 9.68. The molecule has 0 atom stereocenters. The molecule has 1 aromatic heterocycles. The summed E-state index contributed by atoms with van der Waals surface area (Å²) in [4.78, 5) is 10.7. The molecule has 2 heterocycles. The van der Waals surface area contributed by atoms with Gasteiger partial charge in [-0.15, -0.1) is 0 Å². The summed E-state index contributed by atoms with van der Waals surface area (Å²) in [5.74, 6) is 0.747. The fourth-order valence-electron chi connectivity index (χ4n) is 1.52. The van der Waals surface area contributed by atoms with Crippen molar-refractivity contribution in [1.29, 1.82) is 0 Å². The minimum Gasteiger partial charge on any atom is -0.338 e. The third-order valence-electron chi connectivity index (χ3n) is 2.21. The number of aryl methyl sites for hydroxylation is 1. The Morgan fingerprint density at radius 1 is 1.36 bits per heavy atom. The highest BCUT2D eigenvalue weighted by atomic mass is 35.5. The normalized spacial score (nSPS) is 17.1. The van der Waals surface area contributed by atoms with Crippen LogP contribution in [0.3, 0.4) is 0 Å². The van der Waals surface area contributed by atoms with Crippen molar-refractivity contribution < 1.29 is 0 Å². The van der Waals surface area contributed by atoms with Crippen molar-refractivity contribution in [2.75, 3.05) is 31.1 Å². The van der Waals surface area contributed by atoms with E-state index in [1.807, 2.05) is 6.92 Å². The molecule has 1 aliphatic rings. The molecule has 0 amide bonds. The van der Waals surface area contributed by atoms with Crippen LogP contribution >= 0.6 is 11.6 Å². The fourth-order valence-corrected chi connectivity index (χ4v) is 1.75. The van der Waals surface area contributed by atoms with E-state index >= 15 is 0 Å². The molecule has 1 saturated heterocycles. The minimum atomic E-state index is 0.519. The van der Waals surface area contributed by atoms with Crippen molar-refractivity contribution >= 4 is 17.5 Å². The average molecular weight is 213 g/mol. The van der Waals surface area contributed by atoms with Crippen LogP contribution in [0, 0.1) is 6.92 Å². The van der Waals surface area contributed by atoms with Crippen molar-refractivity contribution in [3.05, 3.63) is 16.9 Å². The number of piperazine rings is 1. The SMILES string of the molecule is Cc1cc(Cl)nc(N2CCNCC2)n1. The molecule has 1 fully saturated rings. The zero-order valence-electron chi connectivity index (χ0n) is 8.13. The molecule has 4 nitrogen and oxygen atoms in total. The molecule has 14 heavy (non-hydrogen) atoms. The number of hydrogen-bond donors (Lipinski definition) is 1. The Bertz CT molecular complexity index is 302. The van der Waals surface area contributed by atoms with Gasteiger partial charge in [0.1, 0.15) is 5.15 Å². The van der Waals surface area contributed by atoms with Crippen LogP contribution in [0.25, 0.3) is 0 Å². The van der Waals surface area contributed by atoms with Crippen LogP contribution in [0.15, 0.2) is 6.07 Å². The summed E-state index contributed by atoms with van der Waals surface area (Å²) in [6.07, 6.45) is 0. The molecule has 0 spiro atoms. The number of anilines is 1. The Kier molecular flexibility index (Phi) is 2.84. The Labute approximate surface area is 88.3 Å². The van der Waals surface area contributed by atoms with Gasteiger partial charge in [0.15, 0.2) is 0 Å². The summed E-state index contributed by atoms with van der Waals surface area (Å²) in [5.41, 5.74) is 0.915. The number of nitrogens with one attached hydrogen (secondary N) is 1. The van der Waals surface area contributed by atoms with Gasteiger partial charge in [0, 0.05) is 31.9 Å². The second-order valence-electron chi connectivity index (χ2n) is 3.37. The maximum Gasteiger partial charge on any atom is 0.227 e. The lowest BCUT2D eigenvalue weighted by Gasteiger charge is -2.27. The molecule has 0 bridgehead atoms. The predicted molar refractivity (Wildman–Crippen MR) is 56.9 cm³/mol. The van der Waals surface area contributed by atoms with Crippen LogP contribution in [0.2, 0.25) is 5.15 Å². The van der Waals surface area contributed by atoms with Gasteiger partial charge in [0.2, 0.25) is 5.95 Å². The highest BCUT2D eigenvalue weighted by Gasteiger charge is 2.13. The van der Waals surface area contributed by atoms with Crippen LogP contribution in [0.4, 0.5) is 5.95 Å².